The minimum atomic E-state index is -0.767. The molecule has 27 heavy (non-hydrogen) atoms. The molecule has 1 aliphatic rings. The van der Waals surface area contributed by atoms with E-state index in [9.17, 15) is 14.4 Å². The minimum absolute atomic E-state index is 0.0787. The van der Waals surface area contributed by atoms with Crippen LogP contribution in [-0.4, -0.2) is 48.4 Å². The van der Waals surface area contributed by atoms with E-state index < -0.39 is 17.4 Å². The predicted octanol–water partition coefficient (Wildman–Crippen LogP) is 3.43. The summed E-state index contributed by atoms with van der Waals surface area (Å²) in [5, 5.41) is 2.74. The summed E-state index contributed by atoms with van der Waals surface area (Å²) in [5.74, 6) is -0.798. The van der Waals surface area contributed by atoms with Crippen LogP contribution in [0.25, 0.3) is 0 Å². The van der Waals surface area contributed by atoms with Crippen LogP contribution in [0.4, 0.5) is 0 Å². The third kappa shape index (κ3) is 8.76. The van der Waals surface area contributed by atoms with Gasteiger partial charge in [0, 0.05) is 18.5 Å². The first-order chi connectivity index (χ1) is 12.8. The Kier molecular flexibility index (Phi) is 10.4. The molecular formula is C21H38N2O4. The highest BCUT2D eigenvalue weighted by Crippen LogP contribution is 2.22. The van der Waals surface area contributed by atoms with Gasteiger partial charge < -0.3 is 15.0 Å². The van der Waals surface area contributed by atoms with E-state index in [0.29, 0.717) is 19.7 Å². The van der Waals surface area contributed by atoms with Crippen LogP contribution in [0.2, 0.25) is 0 Å². The van der Waals surface area contributed by atoms with E-state index >= 15 is 0 Å². The van der Waals surface area contributed by atoms with Crippen LogP contribution in [0.5, 0.6) is 0 Å². The van der Waals surface area contributed by atoms with E-state index in [1.165, 1.54) is 43.4 Å². The van der Waals surface area contributed by atoms with Gasteiger partial charge in [0.2, 0.25) is 11.8 Å². The second kappa shape index (κ2) is 12.0. The van der Waals surface area contributed by atoms with E-state index in [4.69, 9.17) is 4.74 Å². The van der Waals surface area contributed by atoms with Crippen molar-refractivity contribution in [2.75, 3.05) is 19.7 Å². The Morgan fingerprint density at radius 1 is 1.07 bits per heavy atom. The van der Waals surface area contributed by atoms with Gasteiger partial charge in [-0.2, -0.15) is 0 Å². The second-order valence-corrected chi connectivity index (χ2v) is 8.45. The highest BCUT2D eigenvalue weighted by atomic mass is 16.5. The van der Waals surface area contributed by atoms with Gasteiger partial charge in [0.1, 0.15) is 6.04 Å². The molecule has 0 spiro atoms. The van der Waals surface area contributed by atoms with Crippen LogP contribution < -0.4 is 5.32 Å². The average molecular weight is 383 g/mol. The Morgan fingerprint density at radius 2 is 1.67 bits per heavy atom. The minimum Gasteiger partial charge on any atom is -0.466 e. The number of rotatable bonds is 11. The number of hydrogen-bond acceptors (Lipinski definition) is 4. The summed E-state index contributed by atoms with van der Waals surface area (Å²) in [6, 6.07) is -0.767. The van der Waals surface area contributed by atoms with Gasteiger partial charge in [0.25, 0.3) is 0 Å². The zero-order valence-electron chi connectivity index (χ0n) is 17.6. The number of piperazine rings is 1. The van der Waals surface area contributed by atoms with E-state index in [2.05, 4.69) is 12.2 Å². The molecule has 0 aromatic rings. The number of esters is 1. The lowest BCUT2D eigenvalue weighted by atomic mass is 9.93. The summed E-state index contributed by atoms with van der Waals surface area (Å²) >= 11 is 0. The van der Waals surface area contributed by atoms with Crippen molar-refractivity contribution in [2.45, 2.75) is 91.5 Å². The van der Waals surface area contributed by atoms with E-state index in [0.717, 1.165) is 12.8 Å². The van der Waals surface area contributed by atoms with Gasteiger partial charge in [0.05, 0.1) is 13.0 Å². The van der Waals surface area contributed by atoms with Gasteiger partial charge in [-0.1, -0.05) is 72.6 Å². The number of hydrogen-bond donors (Lipinski definition) is 1. The molecule has 2 amide bonds. The molecule has 1 aliphatic heterocycles. The molecule has 6 heteroatoms. The summed E-state index contributed by atoms with van der Waals surface area (Å²) in [4.78, 5) is 38.4. The van der Waals surface area contributed by atoms with Crippen LogP contribution in [0.3, 0.4) is 0 Å². The Balaban J connectivity index is 2.32. The van der Waals surface area contributed by atoms with Crippen molar-refractivity contribution in [3.8, 4) is 0 Å². The number of carbonyl (C=O) groups excluding carboxylic acids is 3. The van der Waals surface area contributed by atoms with Crippen molar-refractivity contribution in [1.29, 1.82) is 0 Å². The van der Waals surface area contributed by atoms with Gasteiger partial charge in [-0.25, -0.2) is 0 Å². The van der Waals surface area contributed by atoms with Crippen molar-refractivity contribution in [2.24, 2.45) is 5.41 Å². The fourth-order valence-corrected chi connectivity index (χ4v) is 3.23. The molecule has 6 nitrogen and oxygen atoms in total. The van der Waals surface area contributed by atoms with Crippen molar-refractivity contribution in [3.63, 3.8) is 0 Å². The van der Waals surface area contributed by atoms with Gasteiger partial charge in [0.15, 0.2) is 0 Å². The first-order valence-corrected chi connectivity index (χ1v) is 10.5. The van der Waals surface area contributed by atoms with Crippen LogP contribution in [0.1, 0.15) is 85.5 Å². The number of unbranched alkanes of at least 4 members (excludes halogenated alkanes) is 7. The molecule has 1 N–H and O–H groups in total. The fourth-order valence-electron chi connectivity index (χ4n) is 3.23. The third-order valence-electron chi connectivity index (χ3n) is 4.85. The van der Waals surface area contributed by atoms with Crippen molar-refractivity contribution in [3.05, 3.63) is 0 Å². The van der Waals surface area contributed by atoms with Gasteiger partial charge in [-0.05, 0) is 6.42 Å². The average Bonchev–Trinajstić information content (AvgIpc) is 2.60. The highest BCUT2D eigenvalue weighted by Gasteiger charge is 2.39. The highest BCUT2D eigenvalue weighted by molar-refractivity contribution is 5.93. The summed E-state index contributed by atoms with van der Waals surface area (Å²) in [6.45, 7) is 8.90. The molecule has 0 aromatic carbocycles. The van der Waals surface area contributed by atoms with Crippen LogP contribution in [-0.2, 0) is 19.1 Å². The third-order valence-corrected chi connectivity index (χ3v) is 4.85. The summed E-state index contributed by atoms with van der Waals surface area (Å²) < 4.78 is 5.30. The monoisotopic (exact) mass is 382 g/mol. The molecule has 1 heterocycles. The fraction of sp³-hybridized carbons (Fsp3) is 0.857. The van der Waals surface area contributed by atoms with E-state index in [1.54, 1.807) is 0 Å². The van der Waals surface area contributed by atoms with Crippen molar-refractivity contribution in [1.82, 2.24) is 10.2 Å². The molecule has 1 saturated heterocycles. The lowest BCUT2D eigenvalue weighted by molar-refractivity contribution is -0.155. The maximum atomic E-state index is 12.6. The standard InChI is InChI=1S/C21H38N2O4/c1-5-6-7-8-9-10-11-12-15-27-18(24)16-17-19(25)22-13-14-23(17)20(26)21(2,3)4/h17H,5-16H2,1-4H3,(H,22,25). The number of nitrogens with one attached hydrogen (secondary N) is 1. The van der Waals surface area contributed by atoms with Crippen LogP contribution in [0.15, 0.2) is 0 Å². The molecule has 1 rings (SSSR count). The molecule has 0 radical (unpaired) electrons. The number of ether oxygens (including phenoxy) is 1. The van der Waals surface area contributed by atoms with Crippen LogP contribution in [0, 0.1) is 5.41 Å². The lowest BCUT2D eigenvalue weighted by Crippen LogP contribution is -2.59. The second-order valence-electron chi connectivity index (χ2n) is 8.45. The Labute approximate surface area is 164 Å². The molecule has 1 unspecified atom stereocenters. The Morgan fingerprint density at radius 3 is 2.26 bits per heavy atom. The molecule has 0 aromatic heterocycles. The molecule has 156 valence electrons. The zero-order valence-corrected chi connectivity index (χ0v) is 17.6. The quantitative estimate of drug-likeness (QED) is 0.439. The zero-order chi connectivity index (χ0) is 20.3. The molecule has 1 atom stereocenters. The maximum absolute atomic E-state index is 12.6. The Bertz CT molecular complexity index is 485. The SMILES string of the molecule is CCCCCCCCCCOC(=O)CC1C(=O)NCCN1C(=O)C(C)(C)C. The van der Waals surface area contributed by atoms with Crippen molar-refractivity contribution < 1.29 is 19.1 Å². The van der Waals surface area contributed by atoms with Gasteiger partial charge in [-0.3, -0.25) is 14.4 Å². The summed E-state index contributed by atoms with van der Waals surface area (Å²) in [6.07, 6.45) is 9.37. The first kappa shape index (κ1) is 23.4. The van der Waals surface area contributed by atoms with Gasteiger partial charge in [-0.15, -0.1) is 0 Å². The topological polar surface area (TPSA) is 75.7 Å². The van der Waals surface area contributed by atoms with Gasteiger partial charge >= 0.3 is 5.97 Å². The summed E-state index contributed by atoms with van der Waals surface area (Å²) in [7, 11) is 0. The smallest absolute Gasteiger partial charge is 0.308 e. The Hall–Kier alpha value is -1.59. The summed E-state index contributed by atoms with van der Waals surface area (Å²) in [5.41, 5.74) is -0.586. The molecule has 1 fully saturated rings. The van der Waals surface area contributed by atoms with Crippen LogP contribution >= 0.6 is 0 Å². The molecular weight excluding hydrogens is 344 g/mol. The predicted molar refractivity (Wildman–Crippen MR) is 106 cm³/mol. The lowest BCUT2D eigenvalue weighted by Gasteiger charge is -2.38. The van der Waals surface area contributed by atoms with E-state index in [1.807, 2.05) is 20.8 Å². The molecule has 0 aliphatic carbocycles. The number of nitrogens with zero attached hydrogens (tertiary/aromatic N) is 1. The normalized spacial score (nSPS) is 17.6. The van der Waals surface area contributed by atoms with E-state index in [-0.39, 0.29) is 18.2 Å². The number of amides is 2. The largest absolute Gasteiger partial charge is 0.466 e. The molecule has 0 bridgehead atoms. The first-order valence-electron chi connectivity index (χ1n) is 10.5. The van der Waals surface area contributed by atoms with Crippen molar-refractivity contribution >= 4 is 17.8 Å². The number of carbonyl (C=O) groups is 3. The maximum Gasteiger partial charge on any atom is 0.308 e. The molecule has 0 saturated carbocycles.